The molecule has 31 heavy (non-hydrogen) atoms. The molecule has 2 saturated heterocycles. The summed E-state index contributed by atoms with van der Waals surface area (Å²) in [6, 6.07) is 15.8. The van der Waals surface area contributed by atoms with E-state index in [0.717, 1.165) is 30.8 Å². The van der Waals surface area contributed by atoms with Gasteiger partial charge in [0.1, 0.15) is 5.54 Å². The first-order valence-corrected chi connectivity index (χ1v) is 10.9. The lowest BCUT2D eigenvalue weighted by molar-refractivity contribution is -0.136. The van der Waals surface area contributed by atoms with Crippen molar-refractivity contribution in [1.29, 1.82) is 0 Å². The van der Waals surface area contributed by atoms with E-state index in [1.54, 1.807) is 11.1 Å². The van der Waals surface area contributed by atoms with E-state index in [0.29, 0.717) is 19.4 Å². The lowest BCUT2D eigenvalue weighted by Gasteiger charge is -2.41. The first-order chi connectivity index (χ1) is 15.1. The Morgan fingerprint density at radius 1 is 1.03 bits per heavy atom. The van der Waals surface area contributed by atoms with E-state index in [4.69, 9.17) is 0 Å². The number of carbonyl (C=O) groups excluding carboxylic acids is 2. The molecule has 5 rings (SSSR count). The topological polar surface area (TPSA) is 72.5 Å². The Bertz CT molecular complexity index is 1070. The van der Waals surface area contributed by atoms with Gasteiger partial charge < -0.3 is 9.88 Å². The number of H-pyrrole nitrogens is 1. The van der Waals surface area contributed by atoms with Crippen LogP contribution in [0.3, 0.4) is 0 Å². The Kier molecular flexibility index (Phi) is 4.98. The van der Waals surface area contributed by atoms with Gasteiger partial charge in [-0.15, -0.1) is 0 Å². The Morgan fingerprint density at radius 2 is 1.81 bits per heavy atom. The summed E-state index contributed by atoms with van der Waals surface area (Å²) in [6.45, 7) is 5.09. The third-order valence-electron chi connectivity index (χ3n) is 6.65. The Morgan fingerprint density at radius 3 is 2.52 bits per heavy atom. The van der Waals surface area contributed by atoms with Crippen LogP contribution in [0.1, 0.15) is 31.2 Å². The summed E-state index contributed by atoms with van der Waals surface area (Å²) in [5.41, 5.74) is 2.32. The first kappa shape index (κ1) is 19.8. The van der Waals surface area contributed by atoms with Crippen molar-refractivity contribution in [3.8, 4) is 0 Å². The summed E-state index contributed by atoms with van der Waals surface area (Å²) in [5, 5.41) is 1.21. The molecule has 1 spiro atoms. The molecule has 0 bridgehead atoms. The Balaban J connectivity index is 1.30. The summed E-state index contributed by atoms with van der Waals surface area (Å²) >= 11 is 0. The van der Waals surface area contributed by atoms with E-state index in [2.05, 4.69) is 33.1 Å². The molecular formula is C24H27N5O2. The van der Waals surface area contributed by atoms with Crippen molar-refractivity contribution in [2.45, 2.75) is 38.4 Å². The van der Waals surface area contributed by atoms with Crippen molar-refractivity contribution < 1.29 is 9.59 Å². The number of aromatic nitrogens is 2. The second-order valence-corrected chi connectivity index (χ2v) is 8.43. The molecule has 1 N–H and O–H groups in total. The van der Waals surface area contributed by atoms with Gasteiger partial charge in [-0.2, -0.15) is 0 Å². The average Bonchev–Trinajstić information content (AvgIpc) is 3.28. The molecule has 4 heterocycles. The predicted molar refractivity (Wildman–Crippen MR) is 118 cm³/mol. The molecule has 2 aromatic heterocycles. The van der Waals surface area contributed by atoms with Gasteiger partial charge in [-0.3, -0.25) is 19.6 Å². The summed E-state index contributed by atoms with van der Waals surface area (Å²) in [5.74, 6) is -0.0738. The maximum absolute atomic E-state index is 13.5. The largest absolute Gasteiger partial charge is 0.357 e. The monoisotopic (exact) mass is 417 g/mol. The van der Waals surface area contributed by atoms with E-state index < -0.39 is 5.54 Å². The van der Waals surface area contributed by atoms with Crippen molar-refractivity contribution in [2.75, 3.05) is 19.6 Å². The van der Waals surface area contributed by atoms with E-state index in [1.807, 2.05) is 37.3 Å². The molecule has 0 atom stereocenters. The highest BCUT2D eigenvalue weighted by atomic mass is 16.2. The Labute approximate surface area is 181 Å². The maximum Gasteiger partial charge on any atom is 0.328 e. The highest BCUT2D eigenvalue weighted by molar-refractivity contribution is 6.07. The van der Waals surface area contributed by atoms with Gasteiger partial charge in [0.15, 0.2) is 0 Å². The minimum absolute atomic E-state index is 0.0738. The zero-order valence-corrected chi connectivity index (χ0v) is 17.8. The molecule has 0 radical (unpaired) electrons. The molecule has 160 valence electrons. The van der Waals surface area contributed by atoms with Crippen LogP contribution in [0.2, 0.25) is 0 Å². The number of imide groups is 1. The molecule has 2 aliphatic rings. The quantitative estimate of drug-likeness (QED) is 0.646. The number of benzene rings is 1. The molecule has 1 aromatic carbocycles. The second kappa shape index (κ2) is 7.81. The van der Waals surface area contributed by atoms with Gasteiger partial charge in [0.2, 0.25) is 0 Å². The highest BCUT2D eigenvalue weighted by Gasteiger charge is 2.57. The number of carbonyl (C=O) groups is 2. The number of nitrogens with zero attached hydrogens (tertiary/aromatic N) is 4. The van der Waals surface area contributed by atoms with Crippen molar-refractivity contribution in [3.05, 3.63) is 66.1 Å². The van der Waals surface area contributed by atoms with Crippen LogP contribution < -0.4 is 0 Å². The molecule has 0 aliphatic carbocycles. The Hall–Kier alpha value is -3.19. The fraction of sp³-hybridized carbons (Fsp3) is 0.375. The van der Waals surface area contributed by atoms with Crippen LogP contribution in [0.5, 0.6) is 0 Å². The zero-order valence-electron chi connectivity index (χ0n) is 17.8. The number of para-hydroxylation sites is 1. The van der Waals surface area contributed by atoms with Crippen molar-refractivity contribution in [1.82, 2.24) is 24.7 Å². The van der Waals surface area contributed by atoms with Gasteiger partial charge in [-0.05, 0) is 49.4 Å². The van der Waals surface area contributed by atoms with E-state index in [9.17, 15) is 9.59 Å². The number of pyridine rings is 1. The predicted octanol–water partition coefficient (Wildman–Crippen LogP) is 3.38. The molecule has 2 fully saturated rings. The number of fused-ring (bicyclic) bond motifs is 1. The van der Waals surface area contributed by atoms with Crippen LogP contribution in [-0.4, -0.2) is 61.8 Å². The lowest BCUT2D eigenvalue weighted by Crippen LogP contribution is -2.56. The van der Waals surface area contributed by atoms with Crippen LogP contribution in [0.4, 0.5) is 4.79 Å². The maximum atomic E-state index is 13.5. The van der Waals surface area contributed by atoms with Crippen LogP contribution in [0.25, 0.3) is 10.9 Å². The fourth-order valence-electron chi connectivity index (χ4n) is 5.04. The molecule has 3 amide bonds. The zero-order chi connectivity index (χ0) is 21.4. The van der Waals surface area contributed by atoms with Gasteiger partial charge in [-0.1, -0.05) is 24.3 Å². The minimum Gasteiger partial charge on any atom is -0.357 e. The SMILES string of the molecule is CCN1C(=O)N(Cc2ccccn2)C(=O)C12CCN(Cc1cc3ccccc3[nH]1)CC2. The molecule has 7 nitrogen and oxygen atoms in total. The molecule has 2 aliphatic heterocycles. The lowest BCUT2D eigenvalue weighted by atomic mass is 9.85. The minimum atomic E-state index is -0.725. The van der Waals surface area contributed by atoms with Crippen molar-refractivity contribution >= 4 is 22.8 Å². The standard InChI is InChI=1S/C24H27N5O2/c1-2-29-23(31)28(17-19-8-5-6-12-25-19)22(30)24(29)10-13-27(14-11-24)16-20-15-18-7-3-4-9-21(18)26-20/h3-9,12,15,26H,2,10-11,13-14,16-17H2,1H3. The van der Waals surface area contributed by atoms with Crippen molar-refractivity contribution in [3.63, 3.8) is 0 Å². The van der Waals surface area contributed by atoms with Crippen molar-refractivity contribution in [2.24, 2.45) is 0 Å². The number of hydrogen-bond acceptors (Lipinski definition) is 4. The molecular weight excluding hydrogens is 390 g/mol. The van der Waals surface area contributed by atoms with Crippen LogP contribution >= 0.6 is 0 Å². The number of urea groups is 1. The molecule has 7 heteroatoms. The summed E-state index contributed by atoms with van der Waals surface area (Å²) in [6.07, 6.45) is 3.00. The normalized spacial score (nSPS) is 19.1. The van der Waals surface area contributed by atoms with E-state index in [-0.39, 0.29) is 18.5 Å². The third kappa shape index (κ3) is 3.39. The average molecular weight is 418 g/mol. The molecule has 0 unspecified atom stereocenters. The van der Waals surface area contributed by atoms with Crippen LogP contribution in [0.15, 0.2) is 54.7 Å². The third-order valence-corrected chi connectivity index (χ3v) is 6.65. The van der Waals surface area contributed by atoms with Gasteiger partial charge in [-0.25, -0.2) is 4.79 Å². The number of likely N-dealkylation sites (N-methyl/N-ethyl adjacent to an activating group) is 1. The van der Waals surface area contributed by atoms with Crippen LogP contribution in [-0.2, 0) is 17.9 Å². The smallest absolute Gasteiger partial charge is 0.328 e. The summed E-state index contributed by atoms with van der Waals surface area (Å²) < 4.78 is 0. The molecule has 0 saturated carbocycles. The number of likely N-dealkylation sites (tertiary alicyclic amines) is 1. The number of hydrogen-bond donors (Lipinski definition) is 1. The number of piperidine rings is 1. The highest BCUT2D eigenvalue weighted by Crippen LogP contribution is 2.38. The van der Waals surface area contributed by atoms with Gasteiger partial charge in [0.25, 0.3) is 5.91 Å². The number of amides is 3. The van der Waals surface area contributed by atoms with E-state index in [1.165, 1.54) is 16.0 Å². The summed E-state index contributed by atoms with van der Waals surface area (Å²) in [7, 11) is 0. The molecule has 3 aromatic rings. The summed E-state index contributed by atoms with van der Waals surface area (Å²) in [4.78, 5) is 39.9. The second-order valence-electron chi connectivity index (χ2n) is 8.43. The van der Waals surface area contributed by atoms with Gasteiger partial charge in [0, 0.05) is 43.6 Å². The number of rotatable bonds is 5. The van der Waals surface area contributed by atoms with Gasteiger partial charge in [0.05, 0.1) is 12.2 Å². The number of nitrogens with one attached hydrogen (secondary N) is 1. The van der Waals surface area contributed by atoms with E-state index >= 15 is 0 Å². The van der Waals surface area contributed by atoms with Gasteiger partial charge >= 0.3 is 6.03 Å². The first-order valence-electron chi connectivity index (χ1n) is 10.9. The number of aromatic amines is 1. The fourth-order valence-corrected chi connectivity index (χ4v) is 5.04. The van der Waals surface area contributed by atoms with Crippen LogP contribution in [0, 0.1) is 0 Å².